The Kier molecular flexibility index (Phi) is 3.05. The van der Waals surface area contributed by atoms with Gasteiger partial charge in [0.25, 0.3) is 0 Å². The molecule has 1 aromatic rings. The molecule has 0 aromatic carbocycles. The second-order valence-corrected chi connectivity index (χ2v) is 5.44. The minimum absolute atomic E-state index is 0.0392. The van der Waals surface area contributed by atoms with E-state index in [1.807, 2.05) is 0 Å². The second-order valence-electron chi connectivity index (χ2n) is 4.52. The van der Waals surface area contributed by atoms with Gasteiger partial charge in [-0.25, -0.2) is 4.98 Å². The summed E-state index contributed by atoms with van der Waals surface area (Å²) in [4.78, 5) is 14.4. The van der Waals surface area contributed by atoms with Gasteiger partial charge in [0.2, 0.25) is 5.82 Å². The number of aromatic nitrogens is 1. The molecule has 0 amide bonds. The highest BCUT2D eigenvalue weighted by atomic mass is 79.9. The molecule has 1 fully saturated rings. The highest BCUT2D eigenvalue weighted by molar-refractivity contribution is 9.10. The molecule has 7 heteroatoms. The first-order valence-corrected chi connectivity index (χ1v) is 5.95. The molecule has 1 saturated carbocycles. The number of aliphatic hydroxyl groups is 1. The van der Waals surface area contributed by atoms with Gasteiger partial charge in [0.15, 0.2) is 0 Å². The molecule has 6 nitrogen and oxygen atoms in total. The van der Waals surface area contributed by atoms with Gasteiger partial charge in [-0.3, -0.25) is 10.1 Å². The molecule has 0 saturated heterocycles. The molecule has 1 aliphatic carbocycles. The van der Waals surface area contributed by atoms with Crippen molar-refractivity contribution in [3.05, 3.63) is 26.9 Å². The Balaban J connectivity index is 2.13. The topological polar surface area (TPSA) is 88.3 Å². The number of halogens is 1. The van der Waals surface area contributed by atoms with Crippen molar-refractivity contribution in [1.29, 1.82) is 0 Å². The Morgan fingerprint density at radius 3 is 2.88 bits per heavy atom. The highest BCUT2D eigenvalue weighted by Gasteiger charge is 2.39. The van der Waals surface area contributed by atoms with Crippen LogP contribution in [0, 0.1) is 10.1 Å². The largest absolute Gasteiger partial charge is 0.390 e. The third-order valence-corrected chi connectivity index (χ3v) is 3.18. The van der Waals surface area contributed by atoms with Gasteiger partial charge >= 0.3 is 5.69 Å². The fraction of sp³-hybridized carbons (Fsp3) is 0.500. The van der Waals surface area contributed by atoms with E-state index in [2.05, 4.69) is 26.2 Å². The van der Waals surface area contributed by atoms with Gasteiger partial charge in [0, 0.05) is 22.8 Å². The first-order valence-electron chi connectivity index (χ1n) is 5.16. The average Bonchev–Trinajstić information content (AvgIpc) is 2.17. The van der Waals surface area contributed by atoms with Crippen molar-refractivity contribution in [2.45, 2.75) is 31.4 Å². The zero-order valence-electron chi connectivity index (χ0n) is 9.18. The summed E-state index contributed by atoms with van der Waals surface area (Å²) in [6.07, 6.45) is 2.65. The second kappa shape index (κ2) is 4.23. The highest BCUT2D eigenvalue weighted by Crippen LogP contribution is 2.35. The van der Waals surface area contributed by atoms with Gasteiger partial charge in [-0.1, -0.05) is 0 Å². The minimum Gasteiger partial charge on any atom is -0.390 e. The van der Waals surface area contributed by atoms with E-state index < -0.39 is 10.5 Å². The summed E-state index contributed by atoms with van der Waals surface area (Å²) in [5.74, 6) is 0.249. The van der Waals surface area contributed by atoms with Crippen LogP contribution in [-0.4, -0.2) is 26.7 Å². The average molecular weight is 302 g/mol. The van der Waals surface area contributed by atoms with Gasteiger partial charge in [0.1, 0.15) is 0 Å². The number of rotatable bonds is 3. The lowest BCUT2D eigenvalue weighted by atomic mass is 9.77. The van der Waals surface area contributed by atoms with Crippen LogP contribution in [0.5, 0.6) is 0 Å². The van der Waals surface area contributed by atoms with Gasteiger partial charge in [-0.05, 0) is 35.7 Å². The van der Waals surface area contributed by atoms with E-state index in [4.69, 9.17) is 0 Å². The van der Waals surface area contributed by atoms with Gasteiger partial charge in [0.05, 0.1) is 10.5 Å². The first-order chi connectivity index (χ1) is 7.87. The summed E-state index contributed by atoms with van der Waals surface area (Å²) in [5.41, 5.74) is -0.729. The van der Waals surface area contributed by atoms with Crippen LogP contribution in [0.25, 0.3) is 0 Å². The smallest absolute Gasteiger partial charge is 0.312 e. The third kappa shape index (κ3) is 2.73. The quantitative estimate of drug-likeness (QED) is 0.659. The van der Waals surface area contributed by atoms with Crippen molar-refractivity contribution in [2.75, 3.05) is 5.32 Å². The van der Waals surface area contributed by atoms with Gasteiger partial charge in [-0.15, -0.1) is 0 Å². The summed E-state index contributed by atoms with van der Waals surface area (Å²) < 4.78 is 0.565. The number of pyridine rings is 1. The van der Waals surface area contributed by atoms with Crippen molar-refractivity contribution in [3.63, 3.8) is 0 Å². The molecule has 2 N–H and O–H groups in total. The van der Waals surface area contributed by atoms with Crippen LogP contribution in [-0.2, 0) is 0 Å². The lowest BCUT2D eigenvalue weighted by molar-refractivity contribution is -0.384. The molecule has 1 aliphatic rings. The monoisotopic (exact) mass is 301 g/mol. The van der Waals surface area contributed by atoms with E-state index in [9.17, 15) is 15.2 Å². The summed E-state index contributed by atoms with van der Waals surface area (Å²) in [6, 6.07) is 1.45. The SMILES string of the molecule is CC1(O)CC(Nc2ncc(Br)cc2[N+](=O)[O-])C1. The van der Waals surface area contributed by atoms with Gasteiger partial charge < -0.3 is 10.4 Å². The molecule has 2 rings (SSSR count). The maximum atomic E-state index is 10.8. The Hall–Kier alpha value is -1.21. The fourth-order valence-electron chi connectivity index (χ4n) is 1.98. The van der Waals surface area contributed by atoms with Crippen molar-refractivity contribution in [1.82, 2.24) is 4.98 Å². The number of nitrogens with zero attached hydrogens (tertiary/aromatic N) is 2. The molecule has 0 radical (unpaired) electrons. The lowest BCUT2D eigenvalue weighted by Gasteiger charge is -2.41. The molecule has 0 bridgehead atoms. The fourth-order valence-corrected chi connectivity index (χ4v) is 2.30. The zero-order valence-corrected chi connectivity index (χ0v) is 10.8. The first kappa shape index (κ1) is 12.3. The van der Waals surface area contributed by atoms with Crippen LogP contribution in [0.3, 0.4) is 0 Å². The summed E-state index contributed by atoms with van der Waals surface area (Å²) >= 11 is 3.15. The molecule has 0 spiro atoms. The lowest BCUT2D eigenvalue weighted by Crippen LogP contribution is -2.48. The number of nitro groups is 1. The third-order valence-electron chi connectivity index (χ3n) is 2.74. The molecule has 0 atom stereocenters. The van der Waals surface area contributed by atoms with Crippen molar-refractivity contribution in [3.8, 4) is 0 Å². The van der Waals surface area contributed by atoms with Crippen LogP contribution < -0.4 is 5.32 Å². The number of hydrogen-bond donors (Lipinski definition) is 2. The zero-order chi connectivity index (χ0) is 12.6. The predicted octanol–water partition coefficient (Wildman–Crippen LogP) is 2.08. The Labute approximate surface area is 106 Å². The standard InChI is InChI=1S/C10H12BrN3O3/c1-10(15)3-7(4-10)13-9-8(14(16)17)2-6(11)5-12-9/h2,5,7,15H,3-4H2,1H3,(H,12,13). The number of nitrogens with one attached hydrogen (secondary N) is 1. The van der Waals surface area contributed by atoms with E-state index in [-0.39, 0.29) is 17.5 Å². The van der Waals surface area contributed by atoms with Crippen LogP contribution >= 0.6 is 15.9 Å². The molecule has 0 unspecified atom stereocenters. The van der Waals surface area contributed by atoms with Crippen molar-refractivity contribution >= 4 is 27.4 Å². The van der Waals surface area contributed by atoms with E-state index in [0.717, 1.165) is 0 Å². The molecule has 1 aromatic heterocycles. The summed E-state index contributed by atoms with van der Waals surface area (Å²) in [6.45, 7) is 1.74. The molecule has 1 heterocycles. The van der Waals surface area contributed by atoms with E-state index in [1.165, 1.54) is 12.3 Å². The Morgan fingerprint density at radius 2 is 2.35 bits per heavy atom. The molecule has 92 valence electrons. The summed E-state index contributed by atoms with van der Waals surface area (Å²) in [5, 5.41) is 23.4. The maximum Gasteiger partial charge on any atom is 0.312 e. The Morgan fingerprint density at radius 1 is 1.71 bits per heavy atom. The van der Waals surface area contributed by atoms with Crippen LogP contribution in [0.2, 0.25) is 0 Å². The van der Waals surface area contributed by atoms with E-state index in [1.54, 1.807) is 6.92 Å². The van der Waals surface area contributed by atoms with Crippen LogP contribution in [0.1, 0.15) is 19.8 Å². The van der Waals surface area contributed by atoms with Crippen molar-refractivity contribution < 1.29 is 10.0 Å². The molecular weight excluding hydrogens is 290 g/mol. The molecule has 0 aliphatic heterocycles. The minimum atomic E-state index is -0.665. The van der Waals surface area contributed by atoms with E-state index >= 15 is 0 Å². The number of hydrogen-bond acceptors (Lipinski definition) is 5. The van der Waals surface area contributed by atoms with Gasteiger partial charge in [-0.2, -0.15) is 0 Å². The van der Waals surface area contributed by atoms with Crippen LogP contribution in [0.4, 0.5) is 11.5 Å². The normalized spacial score (nSPS) is 27.4. The predicted molar refractivity (Wildman–Crippen MR) is 65.9 cm³/mol. The van der Waals surface area contributed by atoms with Crippen molar-refractivity contribution in [2.24, 2.45) is 0 Å². The summed E-state index contributed by atoms with van der Waals surface area (Å²) in [7, 11) is 0. The van der Waals surface area contributed by atoms with E-state index in [0.29, 0.717) is 17.3 Å². The van der Waals surface area contributed by atoms with Crippen LogP contribution in [0.15, 0.2) is 16.7 Å². The maximum absolute atomic E-state index is 10.8. The molecular formula is C10H12BrN3O3. The Bertz CT molecular complexity index is 456. The molecule has 17 heavy (non-hydrogen) atoms. The number of anilines is 1.